The fourth-order valence-electron chi connectivity index (χ4n) is 1.72. The summed E-state index contributed by atoms with van der Waals surface area (Å²) in [5.41, 5.74) is 0.147. The Morgan fingerprint density at radius 1 is 1.50 bits per heavy atom. The van der Waals surface area contributed by atoms with E-state index in [9.17, 15) is 0 Å². The lowest BCUT2D eigenvalue weighted by Gasteiger charge is -2.33. The van der Waals surface area contributed by atoms with E-state index in [1.54, 1.807) is 11.3 Å². The van der Waals surface area contributed by atoms with E-state index in [1.807, 2.05) is 11.6 Å². The third-order valence-corrected chi connectivity index (χ3v) is 3.69. The van der Waals surface area contributed by atoms with Crippen molar-refractivity contribution in [3.05, 3.63) is 16.6 Å². The molecule has 0 amide bonds. The molecule has 2 N–H and O–H groups in total. The number of nitrogens with one attached hydrogen (secondary N) is 1. The molecular weight excluding hydrogens is 220 g/mol. The highest BCUT2D eigenvalue weighted by molar-refractivity contribution is 7.09. The second-order valence-electron chi connectivity index (χ2n) is 5.19. The molecule has 1 heterocycles. The van der Waals surface area contributed by atoms with Crippen LogP contribution in [0.4, 0.5) is 0 Å². The molecule has 16 heavy (non-hydrogen) atoms. The predicted octanol–water partition coefficient (Wildman–Crippen LogP) is 2.59. The number of hydrogen-bond acceptors (Lipinski definition) is 4. The van der Waals surface area contributed by atoms with Gasteiger partial charge >= 0.3 is 0 Å². The molecule has 0 aliphatic heterocycles. The first-order valence-electron chi connectivity index (χ1n) is 5.71. The molecule has 0 fully saturated rings. The molecule has 2 unspecified atom stereocenters. The fourth-order valence-corrected chi connectivity index (χ4v) is 2.37. The van der Waals surface area contributed by atoms with Crippen molar-refractivity contribution in [3.8, 4) is 0 Å². The maximum absolute atomic E-state index is 9.09. The molecule has 0 aliphatic carbocycles. The van der Waals surface area contributed by atoms with Crippen molar-refractivity contribution in [2.75, 3.05) is 6.61 Å². The van der Waals surface area contributed by atoms with E-state index in [0.29, 0.717) is 6.04 Å². The highest BCUT2D eigenvalue weighted by Gasteiger charge is 2.26. The SMILES string of the molecule is CC(NC(CCO)C(C)(C)C)c1nccs1. The van der Waals surface area contributed by atoms with Crippen LogP contribution in [0.25, 0.3) is 0 Å². The Hall–Kier alpha value is -0.450. The molecule has 3 nitrogen and oxygen atoms in total. The lowest BCUT2D eigenvalue weighted by Crippen LogP contribution is -2.42. The minimum absolute atomic E-state index is 0.147. The minimum atomic E-state index is 0.147. The summed E-state index contributed by atoms with van der Waals surface area (Å²) in [5.74, 6) is 0. The maximum Gasteiger partial charge on any atom is 0.109 e. The van der Waals surface area contributed by atoms with Gasteiger partial charge in [0.1, 0.15) is 5.01 Å². The molecule has 1 rings (SSSR count). The van der Waals surface area contributed by atoms with E-state index >= 15 is 0 Å². The normalized spacial score (nSPS) is 16.1. The van der Waals surface area contributed by atoms with Crippen LogP contribution in [0.5, 0.6) is 0 Å². The van der Waals surface area contributed by atoms with E-state index in [1.165, 1.54) is 0 Å². The lowest BCUT2D eigenvalue weighted by atomic mass is 9.84. The van der Waals surface area contributed by atoms with Crippen LogP contribution in [0.3, 0.4) is 0 Å². The third kappa shape index (κ3) is 3.85. The van der Waals surface area contributed by atoms with E-state index in [-0.39, 0.29) is 18.1 Å². The van der Waals surface area contributed by atoms with Crippen molar-refractivity contribution < 1.29 is 5.11 Å². The number of aromatic nitrogens is 1. The van der Waals surface area contributed by atoms with Gasteiger partial charge < -0.3 is 10.4 Å². The van der Waals surface area contributed by atoms with Crippen LogP contribution in [-0.2, 0) is 0 Å². The summed E-state index contributed by atoms with van der Waals surface area (Å²) in [6.07, 6.45) is 2.61. The third-order valence-electron chi connectivity index (χ3n) is 2.74. The van der Waals surface area contributed by atoms with E-state index in [2.05, 4.69) is 38.0 Å². The molecule has 92 valence electrons. The topological polar surface area (TPSA) is 45.1 Å². The first-order chi connectivity index (χ1) is 7.45. The van der Waals surface area contributed by atoms with Crippen LogP contribution in [0, 0.1) is 5.41 Å². The van der Waals surface area contributed by atoms with Gasteiger partial charge in [0.25, 0.3) is 0 Å². The Kier molecular flexibility index (Phi) is 4.89. The average molecular weight is 242 g/mol. The van der Waals surface area contributed by atoms with Gasteiger partial charge in [0.15, 0.2) is 0 Å². The minimum Gasteiger partial charge on any atom is -0.396 e. The summed E-state index contributed by atoms with van der Waals surface area (Å²) in [6, 6.07) is 0.548. The molecule has 0 aromatic carbocycles. The second-order valence-corrected chi connectivity index (χ2v) is 6.12. The van der Waals surface area contributed by atoms with Gasteiger partial charge in [-0.05, 0) is 18.8 Å². The first-order valence-corrected chi connectivity index (χ1v) is 6.59. The Bertz CT molecular complexity index is 292. The van der Waals surface area contributed by atoms with Gasteiger partial charge in [0, 0.05) is 24.2 Å². The zero-order valence-corrected chi connectivity index (χ0v) is 11.3. The van der Waals surface area contributed by atoms with Crippen LogP contribution >= 0.6 is 11.3 Å². The number of hydrogen-bond donors (Lipinski definition) is 2. The van der Waals surface area contributed by atoms with Crippen LogP contribution in [0.15, 0.2) is 11.6 Å². The molecule has 0 saturated heterocycles. The summed E-state index contributed by atoms with van der Waals surface area (Å²) in [4.78, 5) is 4.30. The van der Waals surface area contributed by atoms with Crippen molar-refractivity contribution in [3.63, 3.8) is 0 Å². The highest BCUT2D eigenvalue weighted by atomic mass is 32.1. The first kappa shape index (κ1) is 13.6. The van der Waals surface area contributed by atoms with Gasteiger partial charge in [-0.15, -0.1) is 11.3 Å². The fraction of sp³-hybridized carbons (Fsp3) is 0.750. The predicted molar refractivity (Wildman–Crippen MR) is 68.6 cm³/mol. The number of rotatable bonds is 5. The molecular formula is C12H22N2OS. The lowest BCUT2D eigenvalue weighted by molar-refractivity contribution is 0.188. The van der Waals surface area contributed by atoms with Gasteiger partial charge in [0.2, 0.25) is 0 Å². The zero-order chi connectivity index (χ0) is 12.2. The summed E-state index contributed by atoms with van der Waals surface area (Å²) in [6.45, 7) is 8.91. The Morgan fingerprint density at radius 3 is 2.62 bits per heavy atom. The zero-order valence-electron chi connectivity index (χ0n) is 10.5. The number of thiazole rings is 1. The van der Waals surface area contributed by atoms with Crippen molar-refractivity contribution >= 4 is 11.3 Å². The molecule has 0 spiro atoms. The van der Waals surface area contributed by atoms with Gasteiger partial charge in [-0.2, -0.15) is 0 Å². The molecule has 0 aliphatic rings. The van der Waals surface area contributed by atoms with Gasteiger partial charge in [-0.25, -0.2) is 4.98 Å². The van der Waals surface area contributed by atoms with Crippen molar-refractivity contribution in [2.24, 2.45) is 5.41 Å². The van der Waals surface area contributed by atoms with Gasteiger partial charge in [-0.1, -0.05) is 20.8 Å². The van der Waals surface area contributed by atoms with E-state index < -0.39 is 0 Å². The summed E-state index contributed by atoms with van der Waals surface area (Å²) in [5, 5.41) is 15.7. The monoisotopic (exact) mass is 242 g/mol. The molecule has 0 radical (unpaired) electrons. The molecule has 0 bridgehead atoms. The highest BCUT2D eigenvalue weighted by Crippen LogP contribution is 2.25. The largest absolute Gasteiger partial charge is 0.396 e. The quantitative estimate of drug-likeness (QED) is 0.834. The van der Waals surface area contributed by atoms with E-state index in [4.69, 9.17) is 5.11 Å². The van der Waals surface area contributed by atoms with E-state index in [0.717, 1.165) is 11.4 Å². The summed E-state index contributed by atoms with van der Waals surface area (Å²) in [7, 11) is 0. The van der Waals surface area contributed by atoms with Crippen LogP contribution < -0.4 is 5.32 Å². The standard InChI is InChI=1S/C12H22N2OS/c1-9(11-13-6-8-16-11)14-10(5-7-15)12(2,3)4/h6,8-10,14-15H,5,7H2,1-4H3. The Balaban J connectivity index is 2.62. The van der Waals surface area contributed by atoms with Crippen molar-refractivity contribution in [1.29, 1.82) is 0 Å². The second kappa shape index (κ2) is 5.75. The number of aliphatic hydroxyl groups excluding tert-OH is 1. The summed E-state index contributed by atoms with van der Waals surface area (Å²) < 4.78 is 0. The Labute approximate surface area is 102 Å². The van der Waals surface area contributed by atoms with Crippen molar-refractivity contribution in [1.82, 2.24) is 10.3 Å². The molecule has 1 aromatic heterocycles. The average Bonchev–Trinajstić information content (AvgIpc) is 2.68. The van der Waals surface area contributed by atoms with Crippen LogP contribution in [0.1, 0.15) is 45.2 Å². The summed E-state index contributed by atoms with van der Waals surface area (Å²) >= 11 is 1.67. The van der Waals surface area contributed by atoms with Crippen LogP contribution in [0.2, 0.25) is 0 Å². The molecule has 4 heteroatoms. The molecule has 2 atom stereocenters. The number of nitrogens with zero attached hydrogens (tertiary/aromatic N) is 1. The maximum atomic E-state index is 9.09. The smallest absolute Gasteiger partial charge is 0.109 e. The molecule has 1 aromatic rings. The van der Waals surface area contributed by atoms with Crippen molar-refractivity contribution in [2.45, 2.75) is 46.2 Å². The van der Waals surface area contributed by atoms with Gasteiger partial charge in [-0.3, -0.25) is 0 Å². The number of aliphatic hydroxyl groups is 1. The molecule has 0 saturated carbocycles. The van der Waals surface area contributed by atoms with Crippen LogP contribution in [-0.4, -0.2) is 22.7 Å². The Morgan fingerprint density at radius 2 is 2.19 bits per heavy atom. The van der Waals surface area contributed by atoms with Gasteiger partial charge in [0.05, 0.1) is 6.04 Å².